The van der Waals surface area contributed by atoms with Crippen molar-refractivity contribution in [1.82, 2.24) is 19.5 Å². The first kappa shape index (κ1) is 18.9. The average molecular weight is 355 g/mol. The summed E-state index contributed by atoms with van der Waals surface area (Å²) in [5, 5.41) is 0. The van der Waals surface area contributed by atoms with Gasteiger partial charge in [-0.2, -0.15) is 4.98 Å². The van der Waals surface area contributed by atoms with Crippen molar-refractivity contribution in [3.8, 4) is 6.01 Å². The number of aromatic nitrogens is 4. The van der Waals surface area contributed by atoms with E-state index in [1.165, 1.54) is 6.08 Å². The molecule has 0 spiro atoms. The Labute approximate surface area is 151 Å². The summed E-state index contributed by atoms with van der Waals surface area (Å²) < 4.78 is 11.7. The molecule has 0 aliphatic carbocycles. The van der Waals surface area contributed by atoms with Gasteiger partial charge in [0, 0.05) is 0 Å². The summed E-state index contributed by atoms with van der Waals surface area (Å²) in [5.41, 5.74) is 7.69. The fraction of sp³-hybridized carbons (Fsp3) is 0.222. The number of imidazole rings is 1. The Morgan fingerprint density at radius 1 is 1.31 bits per heavy atom. The van der Waals surface area contributed by atoms with Crippen LogP contribution < -0.4 is 10.5 Å². The molecule has 8 heteroatoms. The second-order valence-electron chi connectivity index (χ2n) is 5.22. The maximum absolute atomic E-state index is 11.8. The molecular formula is C18H21N5O3. The number of hydrogen-bond donors (Lipinski definition) is 1. The van der Waals surface area contributed by atoms with Crippen LogP contribution in [-0.4, -0.2) is 32.3 Å². The topological polar surface area (TPSA) is 105 Å². The lowest BCUT2D eigenvalue weighted by atomic mass is 10.2. The number of fused-ring (bicyclic) bond motifs is 1. The zero-order chi connectivity index (χ0) is 19.1. The third kappa shape index (κ3) is 4.35. The molecule has 0 bridgehead atoms. The van der Waals surface area contributed by atoms with E-state index in [1.807, 2.05) is 25.2 Å². The summed E-state index contributed by atoms with van der Waals surface area (Å²) in [7, 11) is 0. The number of rotatable bonds is 7. The van der Waals surface area contributed by atoms with Gasteiger partial charge in [-0.3, -0.25) is 4.57 Å². The summed E-state index contributed by atoms with van der Waals surface area (Å²) >= 11 is 0. The second kappa shape index (κ2) is 8.61. The van der Waals surface area contributed by atoms with Crippen molar-refractivity contribution in [2.24, 2.45) is 0 Å². The number of anilines is 1. The van der Waals surface area contributed by atoms with E-state index in [0.29, 0.717) is 23.5 Å². The summed E-state index contributed by atoms with van der Waals surface area (Å²) in [6.07, 6.45) is 7.83. The standard InChI is InChI=1S/C18H21N5O3/c1-5-8-9-13(7-3)11-23-16-14(15(19)20-12(4)21-16)22-17(23)26-18(24)25-10-6-2/h5-9H,1-2,10-11H2,3-4H3,(H2,19,20,21)/b9-8-,13-7+. The Morgan fingerprint density at radius 3 is 2.73 bits per heavy atom. The van der Waals surface area contributed by atoms with Gasteiger partial charge in [0.25, 0.3) is 0 Å². The maximum atomic E-state index is 11.8. The van der Waals surface area contributed by atoms with E-state index in [0.717, 1.165) is 5.57 Å². The van der Waals surface area contributed by atoms with Crippen molar-refractivity contribution in [2.45, 2.75) is 20.4 Å². The van der Waals surface area contributed by atoms with Crippen LogP contribution in [0.15, 0.2) is 49.1 Å². The minimum atomic E-state index is -0.895. The minimum Gasteiger partial charge on any atom is -0.430 e. The molecule has 2 rings (SSSR count). The van der Waals surface area contributed by atoms with Gasteiger partial charge in [-0.05, 0) is 19.4 Å². The summed E-state index contributed by atoms with van der Waals surface area (Å²) in [6, 6.07) is 0.0204. The predicted molar refractivity (Wildman–Crippen MR) is 99.7 cm³/mol. The summed E-state index contributed by atoms with van der Waals surface area (Å²) in [5.74, 6) is 0.694. The highest BCUT2D eigenvalue weighted by Gasteiger charge is 2.20. The molecule has 136 valence electrons. The molecule has 2 heterocycles. The molecule has 2 aromatic heterocycles. The molecule has 0 aliphatic heterocycles. The Kier molecular flexibility index (Phi) is 6.26. The number of nitrogens with zero attached hydrogens (tertiary/aromatic N) is 4. The fourth-order valence-electron chi connectivity index (χ4n) is 2.18. The lowest BCUT2D eigenvalue weighted by molar-refractivity contribution is 0.105. The first-order valence-corrected chi connectivity index (χ1v) is 7.90. The lowest BCUT2D eigenvalue weighted by Crippen LogP contribution is -2.14. The molecule has 0 radical (unpaired) electrons. The zero-order valence-corrected chi connectivity index (χ0v) is 14.8. The zero-order valence-electron chi connectivity index (χ0n) is 14.8. The van der Waals surface area contributed by atoms with Crippen LogP contribution in [0, 0.1) is 6.92 Å². The largest absolute Gasteiger partial charge is 0.516 e. The van der Waals surface area contributed by atoms with E-state index in [1.54, 1.807) is 17.6 Å². The van der Waals surface area contributed by atoms with Crippen LogP contribution in [0.4, 0.5) is 10.6 Å². The van der Waals surface area contributed by atoms with E-state index >= 15 is 0 Å². The molecule has 0 aliphatic rings. The Morgan fingerprint density at radius 2 is 2.08 bits per heavy atom. The van der Waals surface area contributed by atoms with Gasteiger partial charge < -0.3 is 15.2 Å². The molecule has 0 saturated heterocycles. The quantitative estimate of drug-likeness (QED) is 0.462. The minimum absolute atomic E-state index is 0.0204. The highest BCUT2D eigenvalue weighted by Crippen LogP contribution is 2.25. The molecule has 2 aromatic rings. The van der Waals surface area contributed by atoms with Gasteiger partial charge in [-0.15, -0.1) is 0 Å². The fourth-order valence-corrected chi connectivity index (χ4v) is 2.18. The molecule has 0 unspecified atom stereocenters. The number of allylic oxidation sites excluding steroid dienone is 5. The monoisotopic (exact) mass is 355 g/mol. The van der Waals surface area contributed by atoms with E-state index in [-0.39, 0.29) is 18.4 Å². The molecule has 0 aromatic carbocycles. The molecule has 0 saturated carbocycles. The van der Waals surface area contributed by atoms with Crippen molar-refractivity contribution in [3.63, 3.8) is 0 Å². The number of nitrogen functional groups attached to an aromatic ring is 1. The van der Waals surface area contributed by atoms with Crippen LogP contribution >= 0.6 is 0 Å². The van der Waals surface area contributed by atoms with E-state index in [9.17, 15) is 4.79 Å². The van der Waals surface area contributed by atoms with Gasteiger partial charge in [0.05, 0.1) is 6.54 Å². The smallest absolute Gasteiger partial charge is 0.430 e. The number of nitrogens with two attached hydrogens (primary N) is 1. The summed E-state index contributed by atoms with van der Waals surface area (Å²) in [4.78, 5) is 24.6. The van der Waals surface area contributed by atoms with Gasteiger partial charge in [0.1, 0.15) is 12.4 Å². The average Bonchev–Trinajstić information content (AvgIpc) is 2.94. The SMILES string of the molecule is C=C/C=C\C(=C/C)Cn1c(OC(=O)OCC=C)nc2c(N)nc(C)nc21. The van der Waals surface area contributed by atoms with Gasteiger partial charge in [0.15, 0.2) is 17.0 Å². The van der Waals surface area contributed by atoms with Gasteiger partial charge in [-0.25, -0.2) is 14.8 Å². The van der Waals surface area contributed by atoms with Crippen LogP contribution in [0.1, 0.15) is 12.7 Å². The third-order valence-corrected chi connectivity index (χ3v) is 3.35. The highest BCUT2D eigenvalue weighted by atomic mass is 16.7. The van der Waals surface area contributed by atoms with Crippen molar-refractivity contribution in [2.75, 3.05) is 12.3 Å². The Balaban J connectivity index is 2.50. The maximum Gasteiger partial charge on any atom is 0.516 e. The number of carbonyl (C=O) groups excluding carboxylic acids is 1. The van der Waals surface area contributed by atoms with Crippen LogP contribution in [0.2, 0.25) is 0 Å². The summed E-state index contributed by atoms with van der Waals surface area (Å²) in [6.45, 7) is 11.1. The molecular weight excluding hydrogens is 334 g/mol. The van der Waals surface area contributed by atoms with Gasteiger partial charge >= 0.3 is 12.2 Å². The normalized spacial score (nSPS) is 11.7. The van der Waals surface area contributed by atoms with Crippen LogP contribution in [0.5, 0.6) is 6.01 Å². The highest BCUT2D eigenvalue weighted by molar-refractivity contribution is 5.83. The second-order valence-corrected chi connectivity index (χ2v) is 5.22. The molecule has 26 heavy (non-hydrogen) atoms. The van der Waals surface area contributed by atoms with Crippen molar-refractivity contribution < 1.29 is 14.3 Å². The van der Waals surface area contributed by atoms with Crippen LogP contribution in [0.25, 0.3) is 11.2 Å². The first-order chi connectivity index (χ1) is 12.5. The number of hydrogen-bond acceptors (Lipinski definition) is 7. The van der Waals surface area contributed by atoms with Crippen LogP contribution in [0.3, 0.4) is 0 Å². The number of aryl methyl sites for hydroxylation is 1. The first-order valence-electron chi connectivity index (χ1n) is 7.90. The van der Waals surface area contributed by atoms with E-state index in [4.69, 9.17) is 15.2 Å². The predicted octanol–water partition coefficient (Wildman–Crippen LogP) is 3.11. The Hall–Kier alpha value is -3.42. The van der Waals surface area contributed by atoms with E-state index in [2.05, 4.69) is 28.1 Å². The van der Waals surface area contributed by atoms with Crippen molar-refractivity contribution in [3.05, 3.63) is 54.9 Å². The molecule has 2 N–H and O–H groups in total. The van der Waals surface area contributed by atoms with Gasteiger partial charge in [-0.1, -0.05) is 43.5 Å². The lowest BCUT2D eigenvalue weighted by Gasteiger charge is -2.09. The number of ether oxygens (including phenoxy) is 2. The van der Waals surface area contributed by atoms with Crippen LogP contribution in [-0.2, 0) is 11.3 Å². The molecule has 0 fully saturated rings. The molecule has 0 atom stereocenters. The number of carbonyl (C=O) groups is 1. The molecule has 0 amide bonds. The Bertz CT molecular complexity index is 896. The molecule has 8 nitrogen and oxygen atoms in total. The third-order valence-electron chi connectivity index (χ3n) is 3.35. The van der Waals surface area contributed by atoms with E-state index < -0.39 is 6.16 Å². The van der Waals surface area contributed by atoms with Crippen molar-refractivity contribution in [1.29, 1.82) is 0 Å². The van der Waals surface area contributed by atoms with Gasteiger partial charge in [0.2, 0.25) is 0 Å². The van der Waals surface area contributed by atoms with Crippen molar-refractivity contribution >= 4 is 23.1 Å².